The molecular formula is C32H27Cl4NO2. The Morgan fingerprint density at radius 2 is 1.21 bits per heavy atom. The van der Waals surface area contributed by atoms with Crippen LogP contribution >= 0.6 is 46.4 Å². The fourth-order valence-corrected chi connectivity index (χ4v) is 4.67. The van der Waals surface area contributed by atoms with Crippen LogP contribution in [-0.2, 0) is 15.1 Å². The van der Waals surface area contributed by atoms with E-state index in [1.165, 1.54) is 0 Å². The maximum Gasteiger partial charge on any atom is 0.272 e. The summed E-state index contributed by atoms with van der Waals surface area (Å²) in [7, 11) is 0. The molecule has 0 fully saturated rings. The van der Waals surface area contributed by atoms with Gasteiger partial charge in [0.2, 0.25) is 0 Å². The van der Waals surface area contributed by atoms with E-state index in [4.69, 9.17) is 51.1 Å². The maximum atomic E-state index is 12.6. The second-order valence-electron chi connectivity index (χ2n) is 8.90. The van der Waals surface area contributed by atoms with E-state index in [0.29, 0.717) is 11.4 Å². The molecule has 0 saturated heterocycles. The van der Waals surface area contributed by atoms with Gasteiger partial charge in [0.25, 0.3) is 9.70 Å². The highest BCUT2D eigenvalue weighted by atomic mass is 35.6. The minimum atomic E-state index is -2.09. The number of amides is 1. The highest BCUT2D eigenvalue weighted by Gasteiger charge is 2.38. The zero-order valence-corrected chi connectivity index (χ0v) is 24.0. The molecule has 0 unspecified atom stereocenters. The number of benzene rings is 4. The Hall–Kier alpha value is -2.79. The molecule has 7 heteroatoms. The Kier molecular flexibility index (Phi) is 10.1. The summed E-state index contributed by atoms with van der Waals surface area (Å²) in [6.45, 7) is 0.286. The summed E-state index contributed by atoms with van der Waals surface area (Å²) >= 11 is 23.6. The Morgan fingerprint density at radius 3 is 1.64 bits per heavy atom. The second-order valence-corrected chi connectivity index (χ2v) is 11.6. The van der Waals surface area contributed by atoms with E-state index >= 15 is 0 Å². The van der Waals surface area contributed by atoms with Crippen molar-refractivity contribution >= 4 is 58.4 Å². The van der Waals surface area contributed by atoms with Crippen molar-refractivity contribution in [2.24, 2.45) is 0 Å². The average molecular weight is 599 g/mol. The van der Waals surface area contributed by atoms with E-state index in [1.54, 1.807) is 12.1 Å². The molecule has 200 valence electrons. The third-order valence-corrected chi connectivity index (χ3v) is 7.02. The first-order chi connectivity index (χ1) is 18.8. The fourth-order valence-electron chi connectivity index (χ4n) is 4.38. The molecule has 0 heterocycles. The molecule has 4 aromatic rings. The van der Waals surface area contributed by atoms with Crippen molar-refractivity contribution in [3.05, 3.63) is 149 Å². The van der Waals surface area contributed by atoms with Gasteiger partial charge in [-0.25, -0.2) is 0 Å². The molecule has 1 amide bonds. The Morgan fingerprint density at radius 1 is 0.744 bits per heavy atom. The van der Waals surface area contributed by atoms with Crippen molar-refractivity contribution in [1.29, 1.82) is 0 Å². The fraction of sp³-hybridized carbons (Fsp3) is 0.156. The lowest BCUT2D eigenvalue weighted by Gasteiger charge is -2.36. The lowest BCUT2D eigenvalue weighted by Crippen LogP contribution is -2.42. The standard InChI is InChI=1S/C32H27Cl4NO2/c33-28-19-16-24(17-20-28)18-21-29(37-30(38)32(34,35)36)22-23-39-31(25-10-4-1-5-11-25,26-12-6-2-7-13-26)27-14-8-3-9-15-27/h1-21,29H,22-23H2,(H,37,38)/b21-18+/t29-/m1/s1. The van der Waals surface area contributed by atoms with Crippen LogP contribution in [0.5, 0.6) is 0 Å². The molecule has 0 aliphatic rings. The first-order valence-corrected chi connectivity index (χ1v) is 13.9. The summed E-state index contributed by atoms with van der Waals surface area (Å²) in [4.78, 5) is 12.6. The van der Waals surface area contributed by atoms with E-state index in [2.05, 4.69) is 41.7 Å². The summed E-state index contributed by atoms with van der Waals surface area (Å²) in [5.41, 5.74) is 3.00. The number of alkyl halides is 3. The van der Waals surface area contributed by atoms with Crippen LogP contribution in [0.25, 0.3) is 6.08 Å². The van der Waals surface area contributed by atoms with Gasteiger partial charge in [-0.2, -0.15) is 0 Å². The number of ether oxygens (including phenoxy) is 1. The predicted molar refractivity (Wildman–Crippen MR) is 162 cm³/mol. The lowest BCUT2D eigenvalue weighted by atomic mass is 9.80. The lowest BCUT2D eigenvalue weighted by molar-refractivity contribution is -0.120. The molecule has 4 rings (SSSR count). The minimum absolute atomic E-state index is 0.286. The van der Waals surface area contributed by atoms with Crippen molar-refractivity contribution in [2.45, 2.75) is 21.9 Å². The van der Waals surface area contributed by atoms with Crippen molar-refractivity contribution in [2.75, 3.05) is 6.61 Å². The molecule has 39 heavy (non-hydrogen) atoms. The quantitative estimate of drug-likeness (QED) is 0.147. The minimum Gasteiger partial charge on any atom is -0.361 e. The summed E-state index contributed by atoms with van der Waals surface area (Å²) in [5.74, 6) is -0.710. The number of halogens is 4. The molecule has 4 aromatic carbocycles. The summed E-state index contributed by atoms with van der Waals surface area (Å²) in [6, 6.07) is 37.2. The van der Waals surface area contributed by atoms with Gasteiger partial charge in [-0.15, -0.1) is 0 Å². The van der Waals surface area contributed by atoms with Gasteiger partial charge in [-0.3, -0.25) is 4.79 Å². The van der Waals surface area contributed by atoms with Crippen molar-refractivity contribution < 1.29 is 9.53 Å². The molecule has 0 bridgehead atoms. The zero-order chi connectivity index (χ0) is 27.7. The van der Waals surface area contributed by atoms with Crippen LogP contribution in [0.2, 0.25) is 5.02 Å². The number of carbonyl (C=O) groups is 1. The normalized spacial score (nSPS) is 12.8. The third-order valence-electron chi connectivity index (χ3n) is 6.25. The van der Waals surface area contributed by atoms with E-state index in [9.17, 15) is 4.79 Å². The predicted octanol–water partition coefficient (Wildman–Crippen LogP) is 8.61. The molecule has 1 N–H and O–H groups in total. The van der Waals surface area contributed by atoms with Gasteiger partial charge in [0.05, 0.1) is 6.61 Å². The van der Waals surface area contributed by atoms with Crippen LogP contribution in [0, 0.1) is 0 Å². The molecular weight excluding hydrogens is 572 g/mol. The van der Waals surface area contributed by atoms with Gasteiger partial charge in [0, 0.05) is 11.1 Å². The van der Waals surface area contributed by atoms with Crippen LogP contribution in [0.3, 0.4) is 0 Å². The van der Waals surface area contributed by atoms with Gasteiger partial charge >= 0.3 is 0 Å². The van der Waals surface area contributed by atoms with Crippen LogP contribution in [-0.4, -0.2) is 22.3 Å². The first kappa shape index (κ1) is 29.2. The molecule has 0 radical (unpaired) electrons. The van der Waals surface area contributed by atoms with Gasteiger partial charge in [0.15, 0.2) is 0 Å². The summed E-state index contributed by atoms with van der Waals surface area (Å²) in [6.07, 6.45) is 4.17. The zero-order valence-electron chi connectivity index (χ0n) is 20.9. The Labute approximate surface area is 249 Å². The number of rotatable bonds is 10. The summed E-state index contributed by atoms with van der Waals surface area (Å²) in [5, 5.41) is 3.46. The molecule has 0 spiro atoms. The number of hydrogen-bond donors (Lipinski definition) is 1. The molecule has 0 saturated carbocycles. The van der Waals surface area contributed by atoms with Crippen molar-refractivity contribution in [1.82, 2.24) is 5.32 Å². The number of nitrogens with one attached hydrogen (secondary N) is 1. The van der Waals surface area contributed by atoms with Crippen LogP contribution in [0.4, 0.5) is 0 Å². The Bertz CT molecular complexity index is 1260. The third kappa shape index (κ3) is 7.66. The van der Waals surface area contributed by atoms with Crippen LogP contribution in [0.15, 0.2) is 121 Å². The van der Waals surface area contributed by atoms with Gasteiger partial charge in [-0.1, -0.05) is 162 Å². The topological polar surface area (TPSA) is 38.3 Å². The highest BCUT2D eigenvalue weighted by Crippen LogP contribution is 2.40. The monoisotopic (exact) mass is 597 g/mol. The van der Waals surface area contributed by atoms with E-state index in [0.717, 1.165) is 22.3 Å². The Balaban J connectivity index is 1.66. The number of hydrogen-bond acceptors (Lipinski definition) is 2. The van der Waals surface area contributed by atoms with Gasteiger partial charge in [-0.05, 0) is 40.8 Å². The molecule has 3 nitrogen and oxygen atoms in total. The molecule has 1 atom stereocenters. The van der Waals surface area contributed by atoms with E-state index < -0.39 is 21.3 Å². The van der Waals surface area contributed by atoms with Crippen LogP contribution < -0.4 is 5.32 Å². The SMILES string of the molecule is O=C(N[C@H](/C=C/c1ccc(Cl)cc1)CCOC(c1ccccc1)(c1ccccc1)c1ccccc1)C(Cl)(Cl)Cl. The smallest absolute Gasteiger partial charge is 0.272 e. The first-order valence-electron chi connectivity index (χ1n) is 12.4. The van der Waals surface area contributed by atoms with Crippen molar-refractivity contribution in [3.8, 4) is 0 Å². The maximum absolute atomic E-state index is 12.6. The van der Waals surface area contributed by atoms with Gasteiger partial charge < -0.3 is 10.1 Å². The summed E-state index contributed by atoms with van der Waals surface area (Å²) < 4.78 is 4.76. The van der Waals surface area contributed by atoms with Gasteiger partial charge in [0.1, 0.15) is 5.60 Å². The molecule has 0 aliphatic carbocycles. The van der Waals surface area contributed by atoms with Crippen molar-refractivity contribution in [3.63, 3.8) is 0 Å². The molecule has 0 aromatic heterocycles. The number of carbonyl (C=O) groups excluding carboxylic acids is 1. The van der Waals surface area contributed by atoms with E-state index in [-0.39, 0.29) is 6.61 Å². The second kappa shape index (κ2) is 13.5. The largest absolute Gasteiger partial charge is 0.361 e. The highest BCUT2D eigenvalue weighted by molar-refractivity contribution is 6.76. The van der Waals surface area contributed by atoms with E-state index in [1.807, 2.05) is 78.9 Å². The van der Waals surface area contributed by atoms with Crippen LogP contribution in [0.1, 0.15) is 28.7 Å². The molecule has 0 aliphatic heterocycles. The average Bonchev–Trinajstić information content (AvgIpc) is 2.95.